The molecule has 130 valence electrons. The Morgan fingerprint density at radius 2 is 2.16 bits per heavy atom. The number of para-hydroxylation sites is 1. The lowest BCUT2D eigenvalue weighted by Gasteiger charge is -2.11. The summed E-state index contributed by atoms with van der Waals surface area (Å²) in [6.45, 7) is 0. The number of phenolic OH excluding ortho intramolecular Hbond substituents is 1. The molecule has 25 heavy (non-hydrogen) atoms. The number of phenols is 1. The van der Waals surface area contributed by atoms with Crippen LogP contribution in [0.3, 0.4) is 0 Å². The first-order chi connectivity index (χ1) is 12.0. The number of carbonyl (C=O) groups excluding carboxylic acids is 1. The smallest absolute Gasteiger partial charge is 0.341 e. The van der Waals surface area contributed by atoms with Crippen LogP contribution in [0.5, 0.6) is 5.75 Å². The van der Waals surface area contributed by atoms with Gasteiger partial charge in [-0.1, -0.05) is 6.07 Å². The summed E-state index contributed by atoms with van der Waals surface area (Å²) in [5.41, 5.74) is 1.28. The van der Waals surface area contributed by atoms with Crippen molar-refractivity contribution in [1.82, 2.24) is 0 Å². The Hall–Kier alpha value is -2.74. The first-order valence-electron chi connectivity index (χ1n) is 7.76. The summed E-state index contributed by atoms with van der Waals surface area (Å²) >= 11 is 1.43. The van der Waals surface area contributed by atoms with Gasteiger partial charge in [0.25, 0.3) is 0 Å². The van der Waals surface area contributed by atoms with Crippen LogP contribution in [0.15, 0.2) is 23.2 Å². The maximum Gasteiger partial charge on any atom is 0.341 e. The van der Waals surface area contributed by atoms with Crippen LogP contribution in [0, 0.1) is 10.1 Å². The minimum absolute atomic E-state index is 0.219. The Labute approximate surface area is 147 Å². The maximum atomic E-state index is 12.2. The number of hydrogen-bond donors (Lipinski definition) is 1. The summed E-state index contributed by atoms with van der Waals surface area (Å²) in [6, 6.07) is 4.22. The molecule has 0 atom stereocenters. The van der Waals surface area contributed by atoms with E-state index < -0.39 is 16.6 Å². The van der Waals surface area contributed by atoms with Gasteiger partial charge in [-0.25, -0.2) is 9.79 Å². The van der Waals surface area contributed by atoms with Crippen molar-refractivity contribution < 1.29 is 19.6 Å². The van der Waals surface area contributed by atoms with E-state index in [1.165, 1.54) is 42.9 Å². The molecule has 0 fully saturated rings. The summed E-state index contributed by atoms with van der Waals surface area (Å²) in [6.07, 6.45) is 5.15. The average molecular weight is 360 g/mol. The predicted octanol–water partition coefficient (Wildman–Crippen LogP) is 3.78. The van der Waals surface area contributed by atoms with E-state index >= 15 is 0 Å². The van der Waals surface area contributed by atoms with Crippen molar-refractivity contribution in [2.24, 2.45) is 4.99 Å². The quantitative estimate of drug-likeness (QED) is 0.387. The monoisotopic (exact) mass is 360 g/mol. The molecule has 1 N–H and O–H groups in total. The van der Waals surface area contributed by atoms with Gasteiger partial charge in [-0.15, -0.1) is 11.3 Å². The number of aliphatic imine (C=N–C) groups is 1. The highest BCUT2D eigenvalue weighted by molar-refractivity contribution is 7.16. The van der Waals surface area contributed by atoms with E-state index in [1.807, 2.05) is 0 Å². The van der Waals surface area contributed by atoms with Crippen LogP contribution in [-0.2, 0) is 17.6 Å². The number of esters is 1. The number of carbonyl (C=O) groups is 1. The third-order valence-electron chi connectivity index (χ3n) is 4.11. The largest absolute Gasteiger partial charge is 0.502 e. The van der Waals surface area contributed by atoms with Crippen LogP contribution < -0.4 is 0 Å². The summed E-state index contributed by atoms with van der Waals surface area (Å²) in [7, 11) is 1.33. The van der Waals surface area contributed by atoms with Gasteiger partial charge in [0.1, 0.15) is 5.00 Å². The van der Waals surface area contributed by atoms with Gasteiger partial charge in [0, 0.05) is 22.7 Å². The first kappa shape index (κ1) is 17.1. The van der Waals surface area contributed by atoms with Crippen LogP contribution >= 0.6 is 11.3 Å². The highest BCUT2D eigenvalue weighted by Crippen LogP contribution is 2.40. The van der Waals surface area contributed by atoms with Gasteiger partial charge in [-0.3, -0.25) is 10.1 Å². The zero-order valence-corrected chi connectivity index (χ0v) is 14.3. The molecule has 0 amide bonds. The van der Waals surface area contributed by atoms with E-state index in [1.54, 1.807) is 0 Å². The van der Waals surface area contributed by atoms with Gasteiger partial charge in [0.15, 0.2) is 0 Å². The van der Waals surface area contributed by atoms with Gasteiger partial charge in [0.05, 0.1) is 17.6 Å². The minimum atomic E-state index is -0.656. The van der Waals surface area contributed by atoms with E-state index in [0.29, 0.717) is 10.6 Å². The lowest BCUT2D eigenvalue weighted by atomic mass is 9.95. The summed E-state index contributed by atoms with van der Waals surface area (Å²) in [5, 5.41) is 21.4. The number of nitro benzene ring substituents is 1. The molecule has 3 rings (SSSR count). The number of aromatic hydroxyl groups is 1. The number of ether oxygens (including phenoxy) is 1. The minimum Gasteiger partial charge on any atom is -0.502 e. The fraction of sp³-hybridized carbons (Fsp3) is 0.294. The third kappa shape index (κ3) is 3.25. The molecule has 0 radical (unpaired) electrons. The molecule has 0 saturated carbocycles. The molecule has 2 aromatic rings. The lowest BCUT2D eigenvalue weighted by Crippen LogP contribution is -2.07. The molecular formula is C17H16N2O5S. The van der Waals surface area contributed by atoms with Crippen LogP contribution in [0.25, 0.3) is 0 Å². The number of nitro groups is 1. The molecule has 1 aliphatic rings. The van der Waals surface area contributed by atoms with Gasteiger partial charge in [-0.2, -0.15) is 0 Å². The van der Waals surface area contributed by atoms with Crippen molar-refractivity contribution in [2.75, 3.05) is 7.11 Å². The molecule has 0 unspecified atom stereocenters. The molecule has 0 saturated heterocycles. The van der Waals surface area contributed by atoms with Gasteiger partial charge in [0.2, 0.25) is 5.75 Å². The SMILES string of the molecule is COC(=O)c1c(/N=C/c2cccc([N+](=O)[O-])c2O)sc2c1CCCC2. The van der Waals surface area contributed by atoms with Crippen molar-refractivity contribution in [3.63, 3.8) is 0 Å². The van der Waals surface area contributed by atoms with Crippen molar-refractivity contribution >= 4 is 34.2 Å². The average Bonchev–Trinajstić information content (AvgIpc) is 2.98. The number of hydrogen-bond acceptors (Lipinski definition) is 7. The molecule has 0 bridgehead atoms. The normalized spacial score (nSPS) is 13.6. The lowest BCUT2D eigenvalue weighted by molar-refractivity contribution is -0.385. The number of methoxy groups -OCH3 is 1. The van der Waals surface area contributed by atoms with Crippen molar-refractivity contribution in [2.45, 2.75) is 25.7 Å². The summed E-state index contributed by atoms with van der Waals surface area (Å²) in [5.74, 6) is -0.882. The molecule has 1 heterocycles. The van der Waals surface area contributed by atoms with Crippen molar-refractivity contribution in [1.29, 1.82) is 0 Å². The number of benzene rings is 1. The Kier molecular flexibility index (Phi) is 4.80. The second-order valence-corrected chi connectivity index (χ2v) is 6.70. The molecule has 1 aliphatic carbocycles. The highest BCUT2D eigenvalue weighted by Gasteiger charge is 2.25. The Balaban J connectivity index is 2.02. The van der Waals surface area contributed by atoms with Gasteiger partial charge in [-0.05, 0) is 37.3 Å². The first-order valence-corrected chi connectivity index (χ1v) is 8.58. The molecule has 1 aromatic carbocycles. The van der Waals surface area contributed by atoms with Gasteiger partial charge < -0.3 is 9.84 Å². The van der Waals surface area contributed by atoms with Crippen LogP contribution in [0.2, 0.25) is 0 Å². The van der Waals surface area contributed by atoms with Crippen LogP contribution in [-0.4, -0.2) is 29.3 Å². The fourth-order valence-corrected chi connectivity index (χ4v) is 4.10. The third-order valence-corrected chi connectivity index (χ3v) is 5.31. The number of aryl methyl sites for hydroxylation is 1. The van der Waals surface area contributed by atoms with Crippen molar-refractivity contribution in [3.8, 4) is 5.75 Å². The number of thiophene rings is 1. The zero-order chi connectivity index (χ0) is 18.0. The predicted molar refractivity (Wildman–Crippen MR) is 94.3 cm³/mol. The number of nitrogens with zero attached hydrogens (tertiary/aromatic N) is 2. The Morgan fingerprint density at radius 3 is 2.88 bits per heavy atom. The van der Waals surface area contributed by atoms with E-state index in [4.69, 9.17) is 4.74 Å². The fourth-order valence-electron chi connectivity index (χ4n) is 2.88. The molecule has 8 heteroatoms. The van der Waals surface area contributed by atoms with E-state index in [9.17, 15) is 20.0 Å². The highest BCUT2D eigenvalue weighted by atomic mass is 32.1. The second kappa shape index (κ2) is 7.02. The Morgan fingerprint density at radius 1 is 1.40 bits per heavy atom. The topological polar surface area (TPSA) is 102 Å². The maximum absolute atomic E-state index is 12.2. The molecule has 0 aliphatic heterocycles. The molecule has 1 aromatic heterocycles. The number of fused-ring (bicyclic) bond motifs is 1. The van der Waals surface area contributed by atoms with Crippen LogP contribution in [0.1, 0.15) is 39.2 Å². The standard InChI is InChI=1S/C17H16N2O5S/c1-24-17(21)14-11-6-2-3-8-13(11)25-16(14)18-9-10-5-4-7-12(15(10)20)19(22)23/h4-5,7,9,20H,2-3,6,8H2,1H3/b18-9+. The molecule has 0 spiro atoms. The van der Waals surface area contributed by atoms with E-state index in [0.717, 1.165) is 36.1 Å². The van der Waals surface area contributed by atoms with Crippen molar-refractivity contribution in [3.05, 3.63) is 49.9 Å². The Bertz CT molecular complexity index is 872. The van der Waals surface area contributed by atoms with Gasteiger partial charge >= 0.3 is 11.7 Å². The zero-order valence-electron chi connectivity index (χ0n) is 13.5. The summed E-state index contributed by atoms with van der Waals surface area (Å²) in [4.78, 5) is 27.9. The number of rotatable bonds is 4. The van der Waals surface area contributed by atoms with E-state index in [2.05, 4.69) is 4.99 Å². The molecular weight excluding hydrogens is 344 g/mol. The summed E-state index contributed by atoms with van der Waals surface area (Å²) < 4.78 is 4.88. The molecule has 7 nitrogen and oxygen atoms in total. The second-order valence-electron chi connectivity index (χ2n) is 5.61. The van der Waals surface area contributed by atoms with Crippen LogP contribution in [0.4, 0.5) is 10.7 Å². The van der Waals surface area contributed by atoms with E-state index in [-0.39, 0.29) is 11.3 Å².